The van der Waals surface area contributed by atoms with E-state index in [4.69, 9.17) is 4.42 Å². The van der Waals surface area contributed by atoms with Crippen molar-refractivity contribution >= 4 is 22.9 Å². The molecular weight excluding hydrogens is 268 g/mol. The van der Waals surface area contributed by atoms with Crippen molar-refractivity contribution in [2.24, 2.45) is 5.10 Å². The van der Waals surface area contributed by atoms with Gasteiger partial charge in [0.2, 0.25) is 0 Å². The van der Waals surface area contributed by atoms with Crippen molar-refractivity contribution in [2.75, 3.05) is 0 Å². The van der Waals surface area contributed by atoms with E-state index < -0.39 is 5.91 Å². The maximum atomic E-state index is 11.7. The molecule has 5 heteroatoms. The molecule has 0 unspecified atom stereocenters. The van der Waals surface area contributed by atoms with Gasteiger partial charge in [-0.15, -0.1) is 0 Å². The Morgan fingerprint density at radius 2 is 2.00 bits per heavy atom. The third-order valence-electron chi connectivity index (χ3n) is 3.05. The van der Waals surface area contributed by atoms with Gasteiger partial charge in [0.1, 0.15) is 5.75 Å². The Morgan fingerprint density at radius 1 is 1.14 bits per heavy atom. The van der Waals surface area contributed by atoms with Crippen LogP contribution in [0.15, 0.2) is 64.3 Å². The third-order valence-corrected chi connectivity index (χ3v) is 3.05. The number of hydrazone groups is 1. The third kappa shape index (κ3) is 2.62. The molecule has 3 aromatic rings. The molecule has 0 radical (unpaired) electrons. The highest BCUT2D eigenvalue weighted by Crippen LogP contribution is 2.25. The Labute approximate surface area is 120 Å². The van der Waals surface area contributed by atoms with E-state index in [1.165, 1.54) is 12.5 Å². The summed E-state index contributed by atoms with van der Waals surface area (Å²) in [6.45, 7) is 0. The van der Waals surface area contributed by atoms with Gasteiger partial charge in [-0.3, -0.25) is 4.79 Å². The van der Waals surface area contributed by atoms with E-state index >= 15 is 0 Å². The highest BCUT2D eigenvalue weighted by atomic mass is 16.3. The molecule has 0 saturated carbocycles. The Kier molecular flexibility index (Phi) is 3.39. The molecule has 0 aliphatic rings. The fourth-order valence-corrected chi connectivity index (χ4v) is 2.04. The predicted molar refractivity (Wildman–Crippen MR) is 79.4 cm³/mol. The minimum absolute atomic E-state index is 0.102. The molecule has 0 atom stereocenters. The van der Waals surface area contributed by atoms with Crippen molar-refractivity contribution in [3.8, 4) is 5.75 Å². The summed E-state index contributed by atoms with van der Waals surface area (Å²) >= 11 is 0. The van der Waals surface area contributed by atoms with E-state index in [-0.39, 0.29) is 11.5 Å². The van der Waals surface area contributed by atoms with Crippen LogP contribution in [0.1, 0.15) is 16.1 Å². The molecule has 1 amide bonds. The van der Waals surface area contributed by atoms with Crippen LogP contribution in [0.2, 0.25) is 0 Å². The van der Waals surface area contributed by atoms with Gasteiger partial charge in [-0.2, -0.15) is 5.10 Å². The summed E-state index contributed by atoms with van der Waals surface area (Å²) in [4.78, 5) is 11.7. The van der Waals surface area contributed by atoms with Gasteiger partial charge in [0.25, 0.3) is 0 Å². The van der Waals surface area contributed by atoms with Crippen LogP contribution >= 0.6 is 0 Å². The van der Waals surface area contributed by atoms with Crippen LogP contribution in [0.5, 0.6) is 5.75 Å². The van der Waals surface area contributed by atoms with Gasteiger partial charge in [0.05, 0.1) is 12.5 Å². The van der Waals surface area contributed by atoms with Crippen molar-refractivity contribution < 1.29 is 14.3 Å². The van der Waals surface area contributed by atoms with E-state index in [0.717, 1.165) is 10.8 Å². The van der Waals surface area contributed by atoms with Crippen LogP contribution in [0, 0.1) is 0 Å². The van der Waals surface area contributed by atoms with Gasteiger partial charge in [-0.25, -0.2) is 5.43 Å². The van der Waals surface area contributed by atoms with Crippen LogP contribution in [-0.4, -0.2) is 17.2 Å². The van der Waals surface area contributed by atoms with E-state index in [1.807, 2.05) is 30.3 Å². The van der Waals surface area contributed by atoms with E-state index in [2.05, 4.69) is 10.5 Å². The molecule has 2 N–H and O–H groups in total. The molecule has 0 fully saturated rings. The number of phenolic OH excluding ortho intramolecular Hbond substituents is 1. The SMILES string of the molecule is O=C(N/N=C/c1c(O)ccc2ccccc12)c1ccco1. The molecule has 0 aliphatic heterocycles. The monoisotopic (exact) mass is 280 g/mol. The van der Waals surface area contributed by atoms with E-state index in [0.29, 0.717) is 5.56 Å². The summed E-state index contributed by atoms with van der Waals surface area (Å²) in [6, 6.07) is 14.2. The van der Waals surface area contributed by atoms with Gasteiger partial charge >= 0.3 is 5.91 Å². The molecule has 104 valence electrons. The van der Waals surface area contributed by atoms with Crippen LogP contribution in [0.25, 0.3) is 10.8 Å². The van der Waals surface area contributed by atoms with Crippen molar-refractivity contribution in [2.45, 2.75) is 0 Å². The summed E-state index contributed by atoms with van der Waals surface area (Å²) < 4.78 is 4.96. The van der Waals surface area contributed by atoms with E-state index in [9.17, 15) is 9.90 Å². The number of phenols is 1. The quantitative estimate of drug-likeness (QED) is 0.572. The number of carbonyl (C=O) groups is 1. The lowest BCUT2D eigenvalue weighted by atomic mass is 10.0. The zero-order valence-corrected chi connectivity index (χ0v) is 11.0. The average molecular weight is 280 g/mol. The highest BCUT2D eigenvalue weighted by molar-refractivity contribution is 6.02. The number of rotatable bonds is 3. The van der Waals surface area contributed by atoms with Gasteiger partial charge in [-0.05, 0) is 29.0 Å². The fourth-order valence-electron chi connectivity index (χ4n) is 2.04. The zero-order valence-electron chi connectivity index (χ0n) is 11.0. The second-order valence-electron chi connectivity index (χ2n) is 4.40. The second kappa shape index (κ2) is 5.50. The Morgan fingerprint density at radius 3 is 2.81 bits per heavy atom. The number of carbonyl (C=O) groups excluding carboxylic acids is 1. The summed E-state index contributed by atoms with van der Waals surface area (Å²) in [5.74, 6) is -0.171. The smallest absolute Gasteiger partial charge is 0.307 e. The number of hydrogen-bond donors (Lipinski definition) is 2. The van der Waals surface area contributed by atoms with Crippen LogP contribution in [0.3, 0.4) is 0 Å². The van der Waals surface area contributed by atoms with Crippen molar-refractivity contribution in [3.63, 3.8) is 0 Å². The van der Waals surface area contributed by atoms with Crippen molar-refractivity contribution in [1.82, 2.24) is 5.43 Å². The van der Waals surface area contributed by atoms with Gasteiger partial charge < -0.3 is 9.52 Å². The number of aromatic hydroxyl groups is 1. The molecule has 0 aliphatic carbocycles. The normalized spacial score (nSPS) is 11.0. The first-order chi connectivity index (χ1) is 10.3. The Balaban J connectivity index is 1.86. The predicted octanol–water partition coefficient (Wildman–Crippen LogP) is 2.90. The molecule has 0 saturated heterocycles. The van der Waals surface area contributed by atoms with Crippen LogP contribution in [0.4, 0.5) is 0 Å². The minimum Gasteiger partial charge on any atom is -0.507 e. The standard InChI is InChI=1S/C16H12N2O3/c19-14-8-7-11-4-1-2-5-12(11)13(14)10-17-18-16(20)15-6-3-9-21-15/h1-10,19H,(H,18,20)/b17-10+. The number of nitrogens with zero attached hydrogens (tertiary/aromatic N) is 1. The van der Waals surface area contributed by atoms with Gasteiger partial charge in [0, 0.05) is 5.56 Å². The molecule has 0 spiro atoms. The molecule has 1 aromatic heterocycles. The maximum Gasteiger partial charge on any atom is 0.307 e. The maximum absolute atomic E-state index is 11.7. The summed E-state index contributed by atoms with van der Waals surface area (Å²) in [5, 5.41) is 15.6. The Hall–Kier alpha value is -3.08. The van der Waals surface area contributed by atoms with Crippen LogP contribution in [-0.2, 0) is 0 Å². The molecule has 1 heterocycles. The zero-order chi connectivity index (χ0) is 14.7. The average Bonchev–Trinajstić information content (AvgIpc) is 3.04. The highest BCUT2D eigenvalue weighted by Gasteiger charge is 2.07. The molecule has 3 rings (SSSR count). The largest absolute Gasteiger partial charge is 0.507 e. The first-order valence-electron chi connectivity index (χ1n) is 6.33. The number of nitrogens with one attached hydrogen (secondary N) is 1. The number of fused-ring (bicyclic) bond motifs is 1. The number of benzene rings is 2. The van der Waals surface area contributed by atoms with Crippen LogP contribution < -0.4 is 5.43 Å². The first kappa shape index (κ1) is 12.9. The van der Waals surface area contributed by atoms with Gasteiger partial charge in [0.15, 0.2) is 5.76 Å². The van der Waals surface area contributed by atoms with Crippen molar-refractivity contribution in [3.05, 3.63) is 66.1 Å². The number of furan rings is 1. The fraction of sp³-hybridized carbons (Fsp3) is 0. The minimum atomic E-state index is -0.448. The molecule has 2 aromatic carbocycles. The lowest BCUT2D eigenvalue weighted by Gasteiger charge is -2.04. The van der Waals surface area contributed by atoms with E-state index in [1.54, 1.807) is 18.2 Å². The first-order valence-corrected chi connectivity index (χ1v) is 6.33. The Bertz CT molecular complexity index is 808. The topological polar surface area (TPSA) is 74.8 Å². The van der Waals surface area contributed by atoms with Crippen molar-refractivity contribution in [1.29, 1.82) is 0 Å². The van der Waals surface area contributed by atoms with Gasteiger partial charge in [-0.1, -0.05) is 30.3 Å². The lowest BCUT2D eigenvalue weighted by Crippen LogP contribution is -2.16. The summed E-state index contributed by atoms with van der Waals surface area (Å²) in [6.07, 6.45) is 2.83. The number of hydrogen-bond acceptors (Lipinski definition) is 4. The lowest BCUT2D eigenvalue weighted by molar-refractivity contribution is 0.0927. The summed E-state index contributed by atoms with van der Waals surface area (Å²) in [5.41, 5.74) is 2.90. The molecule has 21 heavy (non-hydrogen) atoms. The summed E-state index contributed by atoms with van der Waals surface area (Å²) in [7, 11) is 0. The second-order valence-corrected chi connectivity index (χ2v) is 4.40. The number of amides is 1. The molecular formula is C16H12N2O3. The molecule has 0 bridgehead atoms. The molecule has 5 nitrogen and oxygen atoms in total.